The van der Waals surface area contributed by atoms with Crippen LogP contribution in [-0.4, -0.2) is 74.7 Å². The Labute approximate surface area is 190 Å². The summed E-state index contributed by atoms with van der Waals surface area (Å²) < 4.78 is 1.57. The molecule has 1 aliphatic heterocycles. The van der Waals surface area contributed by atoms with E-state index in [1.165, 1.54) is 0 Å². The number of nitrogens with zero attached hydrogens (tertiary/aromatic N) is 6. The van der Waals surface area contributed by atoms with E-state index < -0.39 is 0 Å². The van der Waals surface area contributed by atoms with Crippen LogP contribution in [0.3, 0.4) is 0 Å². The van der Waals surface area contributed by atoms with Crippen molar-refractivity contribution in [1.82, 2.24) is 30.0 Å². The molecule has 1 aromatic heterocycles. The number of benzene rings is 2. The van der Waals surface area contributed by atoms with Crippen LogP contribution < -0.4 is 10.6 Å². The minimum absolute atomic E-state index is 0.133. The first-order chi connectivity index (χ1) is 15.5. The molecule has 3 amide bonds. The van der Waals surface area contributed by atoms with Gasteiger partial charge in [0.15, 0.2) is 5.82 Å². The van der Waals surface area contributed by atoms with Crippen molar-refractivity contribution in [1.29, 1.82) is 0 Å². The number of halogens is 1. The predicted octanol–water partition coefficient (Wildman–Crippen LogP) is 2.32. The van der Waals surface area contributed by atoms with Crippen molar-refractivity contribution in [3.05, 3.63) is 53.6 Å². The highest BCUT2D eigenvalue weighted by Gasteiger charge is 2.23. The second kappa shape index (κ2) is 9.75. The van der Waals surface area contributed by atoms with Gasteiger partial charge < -0.3 is 15.5 Å². The molecule has 1 saturated heterocycles. The maximum atomic E-state index is 12.7. The zero-order valence-electron chi connectivity index (χ0n) is 17.5. The number of aryl methyl sites for hydroxylation is 1. The lowest BCUT2D eigenvalue weighted by Gasteiger charge is -2.34. The van der Waals surface area contributed by atoms with Crippen molar-refractivity contribution in [2.45, 2.75) is 0 Å². The Hall–Kier alpha value is -3.50. The molecule has 1 aliphatic rings. The van der Waals surface area contributed by atoms with E-state index in [1.807, 2.05) is 41.3 Å². The Morgan fingerprint density at radius 1 is 1.03 bits per heavy atom. The molecule has 11 heteroatoms. The number of para-hydroxylation sites is 1. The largest absolute Gasteiger partial charge is 0.324 e. The Kier molecular flexibility index (Phi) is 6.62. The normalized spacial score (nSPS) is 14.2. The monoisotopic (exact) mass is 454 g/mol. The lowest BCUT2D eigenvalue weighted by atomic mass is 10.2. The smallest absolute Gasteiger partial charge is 0.321 e. The van der Waals surface area contributed by atoms with Crippen molar-refractivity contribution < 1.29 is 9.59 Å². The van der Waals surface area contributed by atoms with Gasteiger partial charge >= 0.3 is 6.03 Å². The molecule has 2 aromatic carbocycles. The third-order valence-electron chi connectivity index (χ3n) is 5.17. The van der Waals surface area contributed by atoms with Crippen LogP contribution >= 0.6 is 11.6 Å². The fourth-order valence-corrected chi connectivity index (χ4v) is 3.66. The summed E-state index contributed by atoms with van der Waals surface area (Å²) in [5.74, 6) is 0.482. The highest BCUT2D eigenvalue weighted by Crippen LogP contribution is 2.21. The van der Waals surface area contributed by atoms with E-state index >= 15 is 0 Å². The maximum Gasteiger partial charge on any atom is 0.321 e. The minimum Gasteiger partial charge on any atom is -0.324 e. The Balaban J connectivity index is 1.27. The van der Waals surface area contributed by atoms with E-state index in [2.05, 4.69) is 26.2 Å². The average Bonchev–Trinajstić information content (AvgIpc) is 3.22. The van der Waals surface area contributed by atoms with E-state index in [-0.39, 0.29) is 18.5 Å². The van der Waals surface area contributed by atoms with Gasteiger partial charge in [-0.3, -0.25) is 9.69 Å². The van der Waals surface area contributed by atoms with E-state index in [4.69, 9.17) is 11.6 Å². The Morgan fingerprint density at radius 2 is 1.81 bits per heavy atom. The van der Waals surface area contributed by atoms with Gasteiger partial charge in [-0.1, -0.05) is 35.9 Å². The second-order valence-corrected chi connectivity index (χ2v) is 7.84. The zero-order chi connectivity index (χ0) is 22.5. The van der Waals surface area contributed by atoms with Crippen molar-refractivity contribution in [2.75, 3.05) is 43.4 Å². The summed E-state index contributed by atoms with van der Waals surface area (Å²) in [6.07, 6.45) is 0. The second-order valence-electron chi connectivity index (χ2n) is 7.43. The molecule has 4 rings (SSSR count). The number of aromatic nitrogens is 4. The van der Waals surface area contributed by atoms with Gasteiger partial charge in [-0.25, -0.2) is 9.48 Å². The number of hydrogen-bond acceptors (Lipinski definition) is 6. The summed E-state index contributed by atoms with van der Waals surface area (Å²) in [4.78, 5) is 28.8. The zero-order valence-corrected chi connectivity index (χ0v) is 18.3. The molecule has 32 heavy (non-hydrogen) atoms. The number of carbonyl (C=O) groups is 2. The Bertz CT molecular complexity index is 1110. The van der Waals surface area contributed by atoms with Crippen LogP contribution in [0.15, 0.2) is 48.5 Å². The molecule has 3 aromatic rings. The minimum atomic E-state index is -0.182. The van der Waals surface area contributed by atoms with Crippen molar-refractivity contribution in [3.63, 3.8) is 0 Å². The summed E-state index contributed by atoms with van der Waals surface area (Å²) in [6, 6.07) is 14.3. The van der Waals surface area contributed by atoms with Gasteiger partial charge in [0.2, 0.25) is 5.91 Å². The summed E-state index contributed by atoms with van der Waals surface area (Å²) in [5, 5.41) is 17.7. The first-order valence-electron chi connectivity index (χ1n) is 10.1. The average molecular weight is 455 g/mol. The quantitative estimate of drug-likeness (QED) is 0.612. The van der Waals surface area contributed by atoms with E-state index in [9.17, 15) is 9.59 Å². The van der Waals surface area contributed by atoms with Gasteiger partial charge in [-0.2, -0.15) is 0 Å². The van der Waals surface area contributed by atoms with E-state index in [1.54, 1.807) is 28.8 Å². The lowest BCUT2D eigenvalue weighted by Crippen LogP contribution is -2.51. The molecule has 0 bridgehead atoms. The number of piperazine rings is 1. The molecular weight excluding hydrogens is 432 g/mol. The van der Waals surface area contributed by atoms with Gasteiger partial charge in [-0.05, 0) is 34.7 Å². The number of nitrogens with one attached hydrogen (secondary N) is 2. The Morgan fingerprint density at radius 3 is 2.53 bits per heavy atom. The van der Waals surface area contributed by atoms with Gasteiger partial charge in [0.05, 0.1) is 17.3 Å². The maximum absolute atomic E-state index is 12.7. The van der Waals surface area contributed by atoms with Crippen molar-refractivity contribution in [3.8, 4) is 11.4 Å². The van der Waals surface area contributed by atoms with Crippen LogP contribution in [0.5, 0.6) is 0 Å². The third kappa shape index (κ3) is 5.21. The van der Waals surface area contributed by atoms with Gasteiger partial charge in [0, 0.05) is 44.5 Å². The fraction of sp³-hybridized carbons (Fsp3) is 0.286. The molecule has 0 unspecified atom stereocenters. The summed E-state index contributed by atoms with van der Waals surface area (Å²) in [7, 11) is 1.76. The number of carbonyl (C=O) groups excluding carboxylic acids is 2. The number of tetrazole rings is 1. The summed E-state index contributed by atoms with van der Waals surface area (Å²) in [6.45, 7) is 2.51. The van der Waals surface area contributed by atoms with Crippen LogP contribution in [-0.2, 0) is 11.8 Å². The van der Waals surface area contributed by atoms with E-state index in [0.29, 0.717) is 48.4 Å². The number of hydrogen-bond donors (Lipinski definition) is 2. The molecule has 0 radical (unpaired) electrons. The van der Waals surface area contributed by atoms with Gasteiger partial charge in [0.1, 0.15) is 0 Å². The van der Waals surface area contributed by atoms with Gasteiger partial charge in [-0.15, -0.1) is 5.10 Å². The lowest BCUT2D eigenvalue weighted by molar-refractivity contribution is -0.117. The SMILES string of the molecule is Cn1nnnc1-c1cccc(NC(=O)N2CCN(CC(=O)Nc3ccccc3Cl)CC2)c1. The number of rotatable bonds is 5. The third-order valence-corrected chi connectivity index (χ3v) is 5.50. The van der Waals surface area contributed by atoms with Crippen molar-refractivity contribution in [2.24, 2.45) is 7.05 Å². The molecule has 0 spiro atoms. The number of urea groups is 1. The van der Waals surface area contributed by atoms with Crippen LogP contribution in [0.1, 0.15) is 0 Å². The molecule has 1 fully saturated rings. The standard InChI is InChI=1S/C21H23ClN8O2/c1-28-20(25-26-27-28)15-5-4-6-16(13-15)23-21(32)30-11-9-29(10-12-30)14-19(31)24-18-8-3-2-7-17(18)22/h2-8,13H,9-12,14H2,1H3,(H,23,32)(H,24,31). The summed E-state index contributed by atoms with van der Waals surface area (Å²) in [5.41, 5.74) is 2.07. The van der Waals surface area contributed by atoms with Crippen molar-refractivity contribution >= 4 is 34.9 Å². The molecular formula is C21H23ClN8O2. The topological polar surface area (TPSA) is 108 Å². The molecule has 0 saturated carbocycles. The number of anilines is 2. The van der Waals surface area contributed by atoms with Crippen LogP contribution in [0.25, 0.3) is 11.4 Å². The molecule has 166 valence electrons. The molecule has 0 aliphatic carbocycles. The first kappa shape index (κ1) is 21.7. The van der Waals surface area contributed by atoms with Crippen LogP contribution in [0.4, 0.5) is 16.2 Å². The molecule has 2 N–H and O–H groups in total. The predicted molar refractivity (Wildman–Crippen MR) is 121 cm³/mol. The first-order valence-corrected chi connectivity index (χ1v) is 10.5. The molecule has 2 heterocycles. The highest BCUT2D eigenvalue weighted by molar-refractivity contribution is 6.33. The highest BCUT2D eigenvalue weighted by atomic mass is 35.5. The fourth-order valence-electron chi connectivity index (χ4n) is 3.48. The summed E-state index contributed by atoms with van der Waals surface area (Å²) >= 11 is 6.09. The van der Waals surface area contributed by atoms with E-state index in [0.717, 1.165) is 5.56 Å². The van der Waals surface area contributed by atoms with Crippen LogP contribution in [0, 0.1) is 0 Å². The number of amides is 3. The van der Waals surface area contributed by atoms with Crippen LogP contribution in [0.2, 0.25) is 5.02 Å². The molecule has 0 atom stereocenters. The molecule has 10 nitrogen and oxygen atoms in total. The van der Waals surface area contributed by atoms with Gasteiger partial charge in [0.25, 0.3) is 0 Å².